The van der Waals surface area contributed by atoms with E-state index in [0.717, 1.165) is 0 Å². The summed E-state index contributed by atoms with van der Waals surface area (Å²) in [6, 6.07) is 3.06. The first-order valence-corrected chi connectivity index (χ1v) is 5.07. The number of ether oxygens (including phenoxy) is 1. The first kappa shape index (κ1) is 13.6. The summed E-state index contributed by atoms with van der Waals surface area (Å²) < 4.78 is 4.38. The maximum atomic E-state index is 10.9. The highest BCUT2D eigenvalue weighted by atomic mass is 16.5. The van der Waals surface area contributed by atoms with Crippen molar-refractivity contribution in [3.63, 3.8) is 0 Å². The lowest BCUT2D eigenvalue weighted by Gasteiger charge is -2.16. The van der Waals surface area contributed by atoms with Crippen molar-refractivity contribution >= 4 is 5.97 Å². The Morgan fingerprint density at radius 3 is 2.65 bits per heavy atom. The number of pyridine rings is 1. The van der Waals surface area contributed by atoms with Crippen molar-refractivity contribution in [3.8, 4) is 0 Å². The Labute approximate surface area is 98.5 Å². The van der Waals surface area contributed by atoms with Gasteiger partial charge in [0.15, 0.2) is 0 Å². The Morgan fingerprint density at radius 2 is 2.18 bits per heavy atom. The fourth-order valence-corrected chi connectivity index (χ4v) is 1.29. The molecule has 1 aromatic rings. The molecule has 1 aromatic heterocycles. The average Bonchev–Trinajstić information content (AvgIpc) is 2.37. The Morgan fingerprint density at radius 1 is 1.47 bits per heavy atom. The largest absolute Gasteiger partial charge is 0.469 e. The van der Waals surface area contributed by atoms with Crippen LogP contribution in [0.15, 0.2) is 18.3 Å². The van der Waals surface area contributed by atoms with Crippen LogP contribution in [0, 0.1) is 0 Å². The van der Waals surface area contributed by atoms with Gasteiger partial charge in [-0.05, 0) is 6.07 Å². The topological polar surface area (TPSA) is 99.9 Å². The molecule has 0 aliphatic heterocycles. The number of carbonyl (C=O) groups is 1. The Kier molecular flexibility index (Phi) is 5.02. The van der Waals surface area contributed by atoms with Crippen LogP contribution in [0.3, 0.4) is 0 Å². The van der Waals surface area contributed by atoms with Gasteiger partial charge in [0.2, 0.25) is 0 Å². The zero-order valence-corrected chi connectivity index (χ0v) is 9.41. The summed E-state index contributed by atoms with van der Waals surface area (Å²) in [7, 11) is 1.21. The lowest BCUT2D eigenvalue weighted by Crippen LogP contribution is -2.22. The van der Waals surface area contributed by atoms with Crippen LogP contribution in [0.25, 0.3) is 0 Å². The third kappa shape index (κ3) is 3.77. The second-order valence-corrected chi connectivity index (χ2v) is 3.53. The summed E-state index contributed by atoms with van der Waals surface area (Å²) in [4.78, 5) is 14.8. The maximum Gasteiger partial charge on any atom is 0.308 e. The number of aliphatic hydroxyl groups excluding tert-OH is 3. The van der Waals surface area contributed by atoms with Gasteiger partial charge in [-0.2, -0.15) is 0 Å². The van der Waals surface area contributed by atoms with Crippen LogP contribution in [0.1, 0.15) is 23.8 Å². The summed E-state index contributed by atoms with van der Waals surface area (Å²) >= 11 is 0. The van der Waals surface area contributed by atoms with E-state index in [4.69, 9.17) is 5.11 Å². The molecule has 17 heavy (non-hydrogen) atoms. The summed E-state index contributed by atoms with van der Waals surface area (Å²) in [5.41, 5.74) is 0.835. The van der Waals surface area contributed by atoms with E-state index in [1.54, 1.807) is 0 Å². The van der Waals surface area contributed by atoms with Crippen molar-refractivity contribution in [2.45, 2.75) is 25.2 Å². The van der Waals surface area contributed by atoms with Crippen LogP contribution in [-0.2, 0) is 16.1 Å². The van der Waals surface area contributed by atoms with Gasteiger partial charge >= 0.3 is 5.97 Å². The number of rotatable bonds is 5. The highest BCUT2D eigenvalue weighted by molar-refractivity contribution is 5.69. The highest BCUT2D eigenvalue weighted by Gasteiger charge is 2.21. The molecule has 0 aromatic carbocycles. The van der Waals surface area contributed by atoms with Gasteiger partial charge in [-0.1, -0.05) is 6.07 Å². The molecule has 0 amide bonds. The molecular weight excluding hydrogens is 226 g/mol. The number of aromatic nitrogens is 1. The third-order valence-electron chi connectivity index (χ3n) is 2.32. The zero-order valence-electron chi connectivity index (χ0n) is 9.41. The smallest absolute Gasteiger partial charge is 0.308 e. The van der Waals surface area contributed by atoms with E-state index in [1.807, 2.05) is 0 Å². The standard InChI is InChI=1S/C11H15NO5/c1-17-10(15)4-9(14)11(16)7-2-3-8(6-13)12-5-7/h2-3,5,9,11,13-14,16H,4,6H2,1H3. The molecule has 0 aliphatic carbocycles. The van der Waals surface area contributed by atoms with Gasteiger partial charge < -0.3 is 20.1 Å². The average molecular weight is 241 g/mol. The van der Waals surface area contributed by atoms with Gasteiger partial charge in [-0.3, -0.25) is 9.78 Å². The molecule has 94 valence electrons. The molecule has 2 unspecified atom stereocenters. The minimum Gasteiger partial charge on any atom is -0.469 e. The molecule has 2 atom stereocenters. The third-order valence-corrected chi connectivity index (χ3v) is 2.32. The van der Waals surface area contributed by atoms with Gasteiger partial charge in [0.05, 0.1) is 31.9 Å². The van der Waals surface area contributed by atoms with Crippen LogP contribution in [-0.4, -0.2) is 39.5 Å². The number of carbonyl (C=O) groups excluding carboxylic acids is 1. The molecule has 6 nitrogen and oxygen atoms in total. The molecule has 1 rings (SSSR count). The SMILES string of the molecule is COC(=O)CC(O)C(O)c1ccc(CO)nc1. The normalized spacial score (nSPS) is 14.1. The molecule has 0 bridgehead atoms. The second kappa shape index (κ2) is 6.29. The minimum absolute atomic E-state index is 0.193. The molecule has 0 saturated heterocycles. The Hall–Kier alpha value is -1.50. The van der Waals surface area contributed by atoms with Crippen molar-refractivity contribution in [3.05, 3.63) is 29.6 Å². The van der Waals surface area contributed by atoms with E-state index in [2.05, 4.69) is 9.72 Å². The number of hydrogen-bond acceptors (Lipinski definition) is 6. The fourth-order valence-electron chi connectivity index (χ4n) is 1.29. The Bertz CT molecular complexity index is 365. The van der Waals surface area contributed by atoms with Crippen molar-refractivity contribution in [2.24, 2.45) is 0 Å². The molecule has 0 spiro atoms. The van der Waals surface area contributed by atoms with Crippen molar-refractivity contribution < 1.29 is 24.9 Å². The Balaban J connectivity index is 2.67. The quantitative estimate of drug-likeness (QED) is 0.603. The summed E-state index contributed by atoms with van der Waals surface area (Å²) in [5, 5.41) is 28.1. The molecule has 0 fully saturated rings. The number of esters is 1. The molecule has 0 aliphatic rings. The van der Waals surface area contributed by atoms with E-state index in [0.29, 0.717) is 11.3 Å². The number of nitrogens with zero attached hydrogens (tertiary/aromatic N) is 1. The van der Waals surface area contributed by atoms with Gasteiger partial charge in [-0.15, -0.1) is 0 Å². The molecule has 1 heterocycles. The first-order chi connectivity index (χ1) is 8.08. The molecule has 0 saturated carbocycles. The van der Waals surface area contributed by atoms with Gasteiger partial charge in [-0.25, -0.2) is 0 Å². The summed E-state index contributed by atoms with van der Waals surface area (Å²) in [6.07, 6.45) is -1.41. The van der Waals surface area contributed by atoms with Crippen LogP contribution in [0.4, 0.5) is 0 Å². The van der Waals surface area contributed by atoms with Crippen molar-refractivity contribution in [1.29, 1.82) is 0 Å². The van der Waals surface area contributed by atoms with Crippen LogP contribution in [0.5, 0.6) is 0 Å². The predicted molar refractivity (Wildman–Crippen MR) is 57.8 cm³/mol. The van der Waals surface area contributed by atoms with E-state index < -0.39 is 18.2 Å². The highest BCUT2D eigenvalue weighted by Crippen LogP contribution is 2.18. The summed E-state index contributed by atoms with van der Waals surface area (Å²) in [5.74, 6) is -0.600. The monoisotopic (exact) mass is 241 g/mol. The van der Waals surface area contributed by atoms with E-state index >= 15 is 0 Å². The van der Waals surface area contributed by atoms with Crippen LogP contribution in [0.2, 0.25) is 0 Å². The molecule has 3 N–H and O–H groups in total. The number of hydrogen-bond donors (Lipinski definition) is 3. The van der Waals surface area contributed by atoms with Crippen LogP contribution < -0.4 is 0 Å². The van der Waals surface area contributed by atoms with Gasteiger partial charge in [0.25, 0.3) is 0 Å². The molecule has 6 heteroatoms. The van der Waals surface area contributed by atoms with E-state index in [-0.39, 0.29) is 13.0 Å². The molecule has 0 radical (unpaired) electrons. The van der Waals surface area contributed by atoms with Crippen molar-refractivity contribution in [2.75, 3.05) is 7.11 Å². The van der Waals surface area contributed by atoms with Crippen LogP contribution >= 0.6 is 0 Å². The van der Waals surface area contributed by atoms with Crippen molar-refractivity contribution in [1.82, 2.24) is 4.98 Å². The molecular formula is C11H15NO5. The summed E-state index contributed by atoms with van der Waals surface area (Å²) in [6.45, 7) is -0.193. The lowest BCUT2D eigenvalue weighted by molar-refractivity contribution is -0.144. The van der Waals surface area contributed by atoms with Gasteiger partial charge in [0.1, 0.15) is 6.10 Å². The fraction of sp³-hybridized carbons (Fsp3) is 0.455. The van der Waals surface area contributed by atoms with E-state index in [1.165, 1.54) is 25.4 Å². The maximum absolute atomic E-state index is 10.9. The second-order valence-electron chi connectivity index (χ2n) is 3.53. The minimum atomic E-state index is -1.25. The van der Waals surface area contributed by atoms with E-state index in [9.17, 15) is 15.0 Å². The lowest BCUT2D eigenvalue weighted by atomic mass is 10.0. The number of methoxy groups -OCH3 is 1. The zero-order chi connectivity index (χ0) is 12.8. The first-order valence-electron chi connectivity index (χ1n) is 5.07. The predicted octanol–water partition coefficient (Wildman–Crippen LogP) is -0.469. The number of aliphatic hydroxyl groups is 3. The van der Waals surface area contributed by atoms with Gasteiger partial charge in [0, 0.05) is 11.8 Å².